The Morgan fingerprint density at radius 3 is 2.74 bits per heavy atom. The van der Waals surface area contributed by atoms with Crippen LogP contribution in [0, 0.1) is 11.3 Å². The van der Waals surface area contributed by atoms with Crippen LogP contribution in [-0.2, 0) is 4.79 Å². The smallest absolute Gasteiger partial charge is 0.326 e. The molecule has 0 radical (unpaired) electrons. The van der Waals surface area contributed by atoms with Gasteiger partial charge in [0.2, 0.25) is 0 Å². The number of benzene rings is 1. The molecule has 0 spiro atoms. The lowest BCUT2D eigenvalue weighted by Gasteiger charge is -2.24. The molecule has 2 amide bonds. The zero-order valence-electron chi connectivity index (χ0n) is 10.8. The largest absolute Gasteiger partial charge is 0.480 e. The Bertz CT molecular complexity index is 522. The topological polar surface area (TPSA) is 93.4 Å². The SMILES string of the molecule is CCC(C(=O)O)N(C)C(=O)Nc1cccc(C#N)c1. The van der Waals surface area contributed by atoms with Crippen LogP contribution in [0.2, 0.25) is 0 Å². The number of nitrogens with one attached hydrogen (secondary N) is 1. The lowest BCUT2D eigenvalue weighted by molar-refractivity contribution is -0.141. The highest BCUT2D eigenvalue weighted by Gasteiger charge is 2.24. The molecule has 0 saturated carbocycles. The highest BCUT2D eigenvalue weighted by molar-refractivity contribution is 5.92. The number of carboxylic acid groups (broad SMARTS) is 1. The second-order valence-electron chi connectivity index (χ2n) is 4.00. The summed E-state index contributed by atoms with van der Waals surface area (Å²) < 4.78 is 0. The Morgan fingerprint density at radius 2 is 2.21 bits per heavy atom. The average molecular weight is 261 g/mol. The Kier molecular flexibility index (Phi) is 4.89. The van der Waals surface area contributed by atoms with Gasteiger partial charge in [-0.15, -0.1) is 0 Å². The molecule has 6 nitrogen and oxygen atoms in total. The van der Waals surface area contributed by atoms with Crippen molar-refractivity contribution in [3.63, 3.8) is 0 Å². The van der Waals surface area contributed by atoms with Crippen LogP contribution in [0.5, 0.6) is 0 Å². The summed E-state index contributed by atoms with van der Waals surface area (Å²) in [6.07, 6.45) is 0.317. The molecular weight excluding hydrogens is 246 g/mol. The lowest BCUT2D eigenvalue weighted by atomic mass is 10.2. The number of likely N-dealkylation sites (N-methyl/N-ethyl adjacent to an activating group) is 1. The lowest BCUT2D eigenvalue weighted by Crippen LogP contribution is -2.44. The van der Waals surface area contributed by atoms with Crippen molar-refractivity contribution in [1.82, 2.24) is 4.90 Å². The molecule has 2 N–H and O–H groups in total. The minimum Gasteiger partial charge on any atom is -0.480 e. The van der Waals surface area contributed by atoms with Gasteiger partial charge in [-0.3, -0.25) is 0 Å². The number of urea groups is 1. The number of nitrogens with zero attached hydrogens (tertiary/aromatic N) is 2. The van der Waals surface area contributed by atoms with E-state index in [0.717, 1.165) is 4.90 Å². The quantitative estimate of drug-likeness (QED) is 0.865. The van der Waals surface area contributed by atoms with Crippen LogP contribution in [-0.4, -0.2) is 35.1 Å². The predicted molar refractivity (Wildman–Crippen MR) is 69.7 cm³/mol. The van der Waals surface area contributed by atoms with E-state index in [0.29, 0.717) is 17.7 Å². The fraction of sp³-hybridized carbons (Fsp3) is 0.308. The number of nitriles is 1. The molecule has 1 atom stereocenters. The van der Waals surface area contributed by atoms with Crippen LogP contribution >= 0.6 is 0 Å². The number of anilines is 1. The summed E-state index contributed by atoms with van der Waals surface area (Å²) >= 11 is 0. The summed E-state index contributed by atoms with van der Waals surface area (Å²) in [5.74, 6) is -1.05. The number of hydrogen-bond donors (Lipinski definition) is 2. The van der Waals surface area contributed by atoms with Crippen LogP contribution in [0.3, 0.4) is 0 Å². The Hall–Kier alpha value is -2.55. The molecule has 0 saturated heterocycles. The summed E-state index contributed by atoms with van der Waals surface area (Å²) in [6.45, 7) is 1.69. The zero-order valence-corrected chi connectivity index (χ0v) is 10.8. The van der Waals surface area contributed by atoms with E-state index in [2.05, 4.69) is 5.32 Å². The third-order valence-corrected chi connectivity index (χ3v) is 2.70. The minimum absolute atomic E-state index is 0.317. The first kappa shape index (κ1) is 14.5. The number of carbonyl (C=O) groups excluding carboxylic acids is 1. The van der Waals surface area contributed by atoms with E-state index in [1.807, 2.05) is 6.07 Å². The second kappa shape index (κ2) is 6.40. The molecule has 0 bridgehead atoms. The average Bonchev–Trinajstić information content (AvgIpc) is 2.39. The van der Waals surface area contributed by atoms with Gasteiger partial charge >= 0.3 is 12.0 Å². The van der Waals surface area contributed by atoms with Crippen molar-refractivity contribution in [2.24, 2.45) is 0 Å². The van der Waals surface area contributed by atoms with Crippen molar-refractivity contribution in [3.8, 4) is 6.07 Å². The molecule has 0 aliphatic rings. The highest BCUT2D eigenvalue weighted by atomic mass is 16.4. The zero-order chi connectivity index (χ0) is 14.4. The van der Waals surface area contributed by atoms with Gasteiger partial charge in [0, 0.05) is 12.7 Å². The van der Waals surface area contributed by atoms with E-state index in [1.165, 1.54) is 13.1 Å². The van der Waals surface area contributed by atoms with Crippen LogP contribution in [0.25, 0.3) is 0 Å². The van der Waals surface area contributed by atoms with Crippen molar-refractivity contribution >= 4 is 17.7 Å². The van der Waals surface area contributed by atoms with Crippen LogP contribution in [0.4, 0.5) is 10.5 Å². The monoisotopic (exact) mass is 261 g/mol. The maximum atomic E-state index is 11.9. The van der Waals surface area contributed by atoms with E-state index in [4.69, 9.17) is 10.4 Å². The molecular formula is C13H15N3O3. The number of amides is 2. The second-order valence-corrected chi connectivity index (χ2v) is 4.00. The van der Waals surface area contributed by atoms with Gasteiger partial charge in [0.25, 0.3) is 0 Å². The first-order chi connectivity index (χ1) is 8.99. The van der Waals surface area contributed by atoms with Gasteiger partial charge < -0.3 is 15.3 Å². The van der Waals surface area contributed by atoms with Gasteiger partial charge in [-0.05, 0) is 24.6 Å². The summed E-state index contributed by atoms with van der Waals surface area (Å²) in [4.78, 5) is 24.0. The number of aliphatic carboxylic acids is 1. The molecule has 0 aliphatic heterocycles. The Balaban J connectivity index is 2.79. The highest BCUT2D eigenvalue weighted by Crippen LogP contribution is 2.12. The van der Waals surface area contributed by atoms with Crippen molar-refractivity contribution in [2.75, 3.05) is 12.4 Å². The summed E-state index contributed by atoms with van der Waals surface area (Å²) in [5, 5.41) is 20.3. The van der Waals surface area contributed by atoms with Crippen LogP contribution in [0.1, 0.15) is 18.9 Å². The molecule has 100 valence electrons. The third kappa shape index (κ3) is 3.71. The van der Waals surface area contributed by atoms with E-state index >= 15 is 0 Å². The fourth-order valence-corrected chi connectivity index (χ4v) is 1.63. The van der Waals surface area contributed by atoms with Crippen molar-refractivity contribution in [2.45, 2.75) is 19.4 Å². The Labute approximate surface area is 111 Å². The van der Waals surface area contributed by atoms with Crippen LogP contribution < -0.4 is 5.32 Å². The molecule has 0 fully saturated rings. The maximum Gasteiger partial charge on any atom is 0.326 e. The van der Waals surface area contributed by atoms with Gasteiger partial charge in [0.15, 0.2) is 0 Å². The summed E-state index contributed by atoms with van der Waals surface area (Å²) in [5.41, 5.74) is 0.877. The van der Waals surface area contributed by atoms with Crippen molar-refractivity contribution < 1.29 is 14.7 Å². The predicted octanol–water partition coefficient (Wildman–Crippen LogP) is 1.89. The molecule has 6 heteroatoms. The van der Waals surface area contributed by atoms with E-state index in [9.17, 15) is 9.59 Å². The molecule has 1 unspecified atom stereocenters. The fourth-order valence-electron chi connectivity index (χ4n) is 1.63. The van der Waals surface area contributed by atoms with Crippen molar-refractivity contribution in [1.29, 1.82) is 5.26 Å². The van der Waals surface area contributed by atoms with Gasteiger partial charge in [-0.25, -0.2) is 9.59 Å². The minimum atomic E-state index is -1.05. The van der Waals surface area contributed by atoms with Gasteiger partial charge in [0.1, 0.15) is 6.04 Å². The van der Waals surface area contributed by atoms with Gasteiger partial charge in [-0.2, -0.15) is 5.26 Å². The molecule has 0 aliphatic carbocycles. The first-order valence-electron chi connectivity index (χ1n) is 5.76. The van der Waals surface area contributed by atoms with Crippen LogP contribution in [0.15, 0.2) is 24.3 Å². The van der Waals surface area contributed by atoms with E-state index in [1.54, 1.807) is 25.1 Å². The molecule has 1 rings (SSSR count). The Morgan fingerprint density at radius 1 is 1.53 bits per heavy atom. The molecule has 0 heterocycles. The summed E-state index contributed by atoms with van der Waals surface area (Å²) in [7, 11) is 1.42. The summed E-state index contributed by atoms with van der Waals surface area (Å²) in [6, 6.07) is 6.98. The normalized spacial score (nSPS) is 11.2. The first-order valence-corrected chi connectivity index (χ1v) is 5.76. The van der Waals surface area contributed by atoms with Crippen molar-refractivity contribution in [3.05, 3.63) is 29.8 Å². The third-order valence-electron chi connectivity index (χ3n) is 2.70. The van der Waals surface area contributed by atoms with Gasteiger partial charge in [0.05, 0.1) is 11.6 Å². The molecule has 1 aromatic carbocycles. The maximum absolute atomic E-state index is 11.9. The number of hydrogen-bond acceptors (Lipinski definition) is 3. The van der Waals surface area contributed by atoms with E-state index in [-0.39, 0.29) is 0 Å². The number of rotatable bonds is 4. The molecule has 0 aromatic heterocycles. The molecule has 19 heavy (non-hydrogen) atoms. The number of carbonyl (C=O) groups is 2. The standard InChI is InChI=1S/C13H15N3O3/c1-3-11(12(17)18)16(2)13(19)15-10-6-4-5-9(7-10)8-14/h4-7,11H,3H2,1-2H3,(H,15,19)(H,17,18). The number of carboxylic acids is 1. The van der Waals surface area contributed by atoms with Gasteiger partial charge in [-0.1, -0.05) is 13.0 Å². The van der Waals surface area contributed by atoms with E-state index < -0.39 is 18.0 Å². The molecule has 1 aromatic rings.